The molecule has 2 aromatic rings. The van der Waals surface area contributed by atoms with Crippen molar-refractivity contribution in [2.75, 3.05) is 33.2 Å². The van der Waals surface area contributed by atoms with Gasteiger partial charge in [0.2, 0.25) is 0 Å². The Morgan fingerprint density at radius 2 is 1.93 bits per heavy atom. The summed E-state index contributed by atoms with van der Waals surface area (Å²) in [6.07, 6.45) is 1.83. The van der Waals surface area contributed by atoms with Gasteiger partial charge in [0.05, 0.1) is 12.3 Å². The highest BCUT2D eigenvalue weighted by Crippen LogP contribution is 2.15. The highest BCUT2D eigenvalue weighted by atomic mass is 16.6. The standard InChI is InChI=1S/C18H21N5O4/c1-21-8-10-22(11-9-21)20-13-15-4-2-14(3-5-15)12-19-18(24)16-6-7-17(27-16)23(25)26/h2-7,13H,8-12H2,1H3,(H,19,24). The van der Waals surface area contributed by atoms with E-state index in [4.69, 9.17) is 4.42 Å². The van der Waals surface area contributed by atoms with E-state index in [9.17, 15) is 14.9 Å². The SMILES string of the molecule is CN1CCN(N=Cc2ccc(CNC(=O)c3ccc([N+](=O)[O-])o3)cc2)CC1. The largest absolute Gasteiger partial charge is 0.433 e. The Morgan fingerprint density at radius 1 is 1.22 bits per heavy atom. The van der Waals surface area contributed by atoms with Gasteiger partial charge in [-0.15, -0.1) is 0 Å². The van der Waals surface area contributed by atoms with Crippen LogP contribution in [0.4, 0.5) is 5.88 Å². The summed E-state index contributed by atoms with van der Waals surface area (Å²) in [6.45, 7) is 4.15. The van der Waals surface area contributed by atoms with E-state index < -0.39 is 16.7 Å². The van der Waals surface area contributed by atoms with Gasteiger partial charge in [-0.3, -0.25) is 19.9 Å². The van der Waals surface area contributed by atoms with Crippen molar-refractivity contribution in [3.05, 3.63) is 63.4 Å². The summed E-state index contributed by atoms with van der Waals surface area (Å²) >= 11 is 0. The number of nitro groups is 1. The third kappa shape index (κ3) is 5.14. The molecule has 0 saturated carbocycles. The summed E-state index contributed by atoms with van der Waals surface area (Å²) in [4.78, 5) is 24.1. The fourth-order valence-corrected chi connectivity index (χ4v) is 2.60. The molecule has 1 aliphatic rings. The van der Waals surface area contributed by atoms with Crippen LogP contribution >= 0.6 is 0 Å². The highest BCUT2D eigenvalue weighted by Gasteiger charge is 2.16. The zero-order valence-corrected chi connectivity index (χ0v) is 15.0. The molecule has 1 aliphatic heterocycles. The van der Waals surface area contributed by atoms with Gasteiger partial charge in [-0.1, -0.05) is 24.3 Å². The molecule has 9 heteroatoms. The average Bonchev–Trinajstić information content (AvgIpc) is 3.17. The van der Waals surface area contributed by atoms with Crippen LogP contribution in [-0.4, -0.2) is 60.2 Å². The van der Waals surface area contributed by atoms with Gasteiger partial charge in [-0.25, -0.2) is 0 Å². The molecule has 0 unspecified atom stereocenters. The van der Waals surface area contributed by atoms with Crippen LogP contribution in [0.15, 0.2) is 45.9 Å². The maximum absolute atomic E-state index is 12.0. The van der Waals surface area contributed by atoms with Crippen molar-refractivity contribution in [1.29, 1.82) is 0 Å². The summed E-state index contributed by atoms with van der Waals surface area (Å²) in [5.41, 5.74) is 1.88. The minimum Gasteiger partial charge on any atom is -0.395 e. The predicted octanol–water partition coefficient (Wildman–Crippen LogP) is 1.70. The number of piperazine rings is 1. The van der Waals surface area contributed by atoms with E-state index in [1.54, 1.807) is 0 Å². The molecule has 2 heterocycles. The van der Waals surface area contributed by atoms with E-state index in [2.05, 4.69) is 27.4 Å². The van der Waals surface area contributed by atoms with Crippen LogP contribution in [0, 0.1) is 10.1 Å². The third-order valence-corrected chi connectivity index (χ3v) is 4.28. The van der Waals surface area contributed by atoms with Gasteiger partial charge in [0.25, 0.3) is 5.91 Å². The fourth-order valence-electron chi connectivity index (χ4n) is 2.60. The quantitative estimate of drug-likeness (QED) is 0.471. The second-order valence-electron chi connectivity index (χ2n) is 6.32. The molecule has 1 saturated heterocycles. The van der Waals surface area contributed by atoms with E-state index in [1.807, 2.05) is 30.5 Å². The van der Waals surface area contributed by atoms with E-state index in [-0.39, 0.29) is 5.76 Å². The van der Waals surface area contributed by atoms with Crippen molar-refractivity contribution in [3.8, 4) is 0 Å². The molecule has 0 radical (unpaired) electrons. The van der Waals surface area contributed by atoms with Crippen LogP contribution in [-0.2, 0) is 6.54 Å². The van der Waals surface area contributed by atoms with Crippen LogP contribution in [0.3, 0.4) is 0 Å². The Morgan fingerprint density at radius 3 is 2.56 bits per heavy atom. The highest BCUT2D eigenvalue weighted by molar-refractivity contribution is 5.91. The van der Waals surface area contributed by atoms with Crippen molar-refractivity contribution in [2.24, 2.45) is 5.10 Å². The van der Waals surface area contributed by atoms with Crippen molar-refractivity contribution < 1.29 is 14.1 Å². The number of carbonyl (C=O) groups is 1. The van der Waals surface area contributed by atoms with E-state index in [0.717, 1.165) is 43.4 Å². The number of carbonyl (C=O) groups excluding carboxylic acids is 1. The lowest BCUT2D eigenvalue weighted by Crippen LogP contribution is -2.41. The lowest BCUT2D eigenvalue weighted by atomic mass is 10.1. The second kappa shape index (κ2) is 8.45. The number of hydrazone groups is 1. The summed E-state index contributed by atoms with van der Waals surface area (Å²) in [7, 11) is 2.10. The van der Waals surface area contributed by atoms with Crippen LogP contribution in [0.25, 0.3) is 0 Å². The molecule has 1 fully saturated rings. The van der Waals surface area contributed by atoms with Gasteiger partial charge in [0, 0.05) is 32.7 Å². The molecule has 9 nitrogen and oxygen atoms in total. The zero-order chi connectivity index (χ0) is 19.2. The maximum Gasteiger partial charge on any atom is 0.433 e. The smallest absolute Gasteiger partial charge is 0.395 e. The lowest BCUT2D eigenvalue weighted by Gasteiger charge is -2.30. The first-order valence-electron chi connectivity index (χ1n) is 8.60. The molecule has 1 aromatic carbocycles. The Labute approximate surface area is 156 Å². The van der Waals surface area contributed by atoms with Crippen LogP contribution < -0.4 is 5.32 Å². The first-order valence-corrected chi connectivity index (χ1v) is 8.60. The lowest BCUT2D eigenvalue weighted by molar-refractivity contribution is -0.402. The molecule has 0 bridgehead atoms. The second-order valence-corrected chi connectivity index (χ2v) is 6.32. The van der Waals surface area contributed by atoms with E-state index in [1.165, 1.54) is 6.07 Å². The first kappa shape index (κ1) is 18.6. The molecule has 3 rings (SSSR count). The van der Waals surface area contributed by atoms with Crippen molar-refractivity contribution in [3.63, 3.8) is 0 Å². The number of hydrogen-bond donors (Lipinski definition) is 1. The van der Waals surface area contributed by atoms with Gasteiger partial charge >= 0.3 is 5.88 Å². The predicted molar refractivity (Wildman–Crippen MR) is 99.6 cm³/mol. The summed E-state index contributed by atoms with van der Waals surface area (Å²) in [5, 5.41) is 19.8. The summed E-state index contributed by atoms with van der Waals surface area (Å²) in [5.74, 6) is -1.04. The molecule has 1 aromatic heterocycles. The molecule has 0 aliphatic carbocycles. The number of nitrogens with zero attached hydrogens (tertiary/aromatic N) is 4. The summed E-state index contributed by atoms with van der Waals surface area (Å²) < 4.78 is 4.87. The normalized spacial score (nSPS) is 15.2. The number of likely N-dealkylation sites (N-methyl/N-ethyl adjacent to an activating group) is 1. The van der Waals surface area contributed by atoms with E-state index in [0.29, 0.717) is 6.54 Å². The number of hydrogen-bond acceptors (Lipinski definition) is 7. The van der Waals surface area contributed by atoms with E-state index >= 15 is 0 Å². The number of rotatable bonds is 6. The van der Waals surface area contributed by atoms with Crippen molar-refractivity contribution in [1.82, 2.24) is 15.2 Å². The Hall–Kier alpha value is -3.20. The number of furan rings is 1. The monoisotopic (exact) mass is 371 g/mol. The molecular formula is C18H21N5O4. The van der Waals surface area contributed by atoms with Crippen molar-refractivity contribution >= 4 is 18.0 Å². The molecule has 1 N–H and O–H groups in total. The zero-order valence-electron chi connectivity index (χ0n) is 15.0. The third-order valence-electron chi connectivity index (χ3n) is 4.28. The van der Waals surface area contributed by atoms with Gasteiger partial charge in [0.15, 0.2) is 5.76 Å². The first-order chi connectivity index (χ1) is 13.0. The molecular weight excluding hydrogens is 350 g/mol. The maximum atomic E-state index is 12.0. The molecule has 1 amide bonds. The van der Waals surface area contributed by atoms with Gasteiger partial charge in [-0.2, -0.15) is 5.10 Å². The minimum absolute atomic E-state index is 0.0855. The molecule has 142 valence electrons. The van der Waals surface area contributed by atoms with Gasteiger partial charge < -0.3 is 14.6 Å². The van der Waals surface area contributed by atoms with Crippen LogP contribution in [0.1, 0.15) is 21.7 Å². The Balaban J connectivity index is 1.50. The number of amides is 1. The van der Waals surface area contributed by atoms with Crippen LogP contribution in [0.5, 0.6) is 0 Å². The number of benzene rings is 1. The molecule has 0 spiro atoms. The van der Waals surface area contributed by atoms with Gasteiger partial charge in [-0.05, 0) is 24.2 Å². The minimum atomic E-state index is -0.681. The fraction of sp³-hybridized carbons (Fsp3) is 0.333. The van der Waals surface area contributed by atoms with Gasteiger partial charge in [0.1, 0.15) is 4.92 Å². The topological polar surface area (TPSA) is 104 Å². The molecule has 0 atom stereocenters. The Kier molecular flexibility index (Phi) is 5.82. The Bertz CT molecular complexity index is 823. The van der Waals surface area contributed by atoms with Crippen molar-refractivity contribution in [2.45, 2.75) is 6.54 Å². The summed E-state index contributed by atoms with van der Waals surface area (Å²) in [6, 6.07) is 10.1. The number of nitrogens with one attached hydrogen (secondary N) is 1. The van der Waals surface area contributed by atoms with Crippen LogP contribution in [0.2, 0.25) is 0 Å². The average molecular weight is 371 g/mol. The molecule has 27 heavy (non-hydrogen) atoms.